The van der Waals surface area contributed by atoms with Crippen LogP contribution in [0, 0.1) is 0 Å². The van der Waals surface area contributed by atoms with Gasteiger partial charge >= 0.3 is 6.09 Å². The SMILES string of the molecule is CN(C)C(=O)Oc1ccc2c(c1)[C@]1(C)CCS[C@@H]1N2C. The molecular formula is C15H20N2O2S. The minimum atomic E-state index is -0.334. The van der Waals surface area contributed by atoms with Crippen molar-refractivity contribution in [2.24, 2.45) is 0 Å². The van der Waals surface area contributed by atoms with Gasteiger partial charge in [0.05, 0.1) is 5.37 Å². The molecule has 0 saturated carbocycles. The number of hydrogen-bond donors (Lipinski definition) is 0. The van der Waals surface area contributed by atoms with Gasteiger partial charge in [-0.2, -0.15) is 0 Å². The fourth-order valence-electron chi connectivity index (χ4n) is 3.16. The van der Waals surface area contributed by atoms with E-state index in [0.717, 1.165) is 0 Å². The maximum Gasteiger partial charge on any atom is 0.414 e. The Balaban J connectivity index is 1.96. The summed E-state index contributed by atoms with van der Waals surface area (Å²) in [7, 11) is 5.53. The van der Waals surface area contributed by atoms with Gasteiger partial charge in [0.2, 0.25) is 0 Å². The zero-order valence-electron chi connectivity index (χ0n) is 12.3. The number of nitrogens with zero attached hydrogens (tertiary/aromatic N) is 2. The first-order valence-corrected chi connectivity index (χ1v) is 7.86. The molecule has 1 aromatic carbocycles. The van der Waals surface area contributed by atoms with E-state index in [0.29, 0.717) is 11.1 Å². The van der Waals surface area contributed by atoms with Gasteiger partial charge in [0.1, 0.15) is 5.75 Å². The van der Waals surface area contributed by atoms with Gasteiger partial charge in [0.15, 0.2) is 0 Å². The van der Waals surface area contributed by atoms with Crippen LogP contribution in [0.1, 0.15) is 18.9 Å². The Morgan fingerprint density at radius 2 is 2.25 bits per heavy atom. The molecule has 0 N–H and O–H groups in total. The summed E-state index contributed by atoms with van der Waals surface area (Å²) >= 11 is 2.01. The number of thioether (sulfide) groups is 1. The molecule has 108 valence electrons. The van der Waals surface area contributed by atoms with Gasteiger partial charge in [-0.25, -0.2) is 4.79 Å². The summed E-state index contributed by atoms with van der Waals surface area (Å²) in [6, 6.07) is 5.99. The van der Waals surface area contributed by atoms with Gasteiger partial charge in [0.25, 0.3) is 0 Å². The summed E-state index contributed by atoms with van der Waals surface area (Å²) < 4.78 is 5.39. The Morgan fingerprint density at radius 1 is 1.50 bits per heavy atom. The third kappa shape index (κ3) is 1.87. The number of likely N-dealkylation sites (N-methyl/N-ethyl adjacent to an activating group) is 1. The average Bonchev–Trinajstić information content (AvgIpc) is 2.88. The van der Waals surface area contributed by atoms with E-state index in [1.807, 2.05) is 23.9 Å². The molecule has 3 rings (SSSR count). The number of ether oxygens (including phenoxy) is 1. The minimum absolute atomic E-state index is 0.162. The van der Waals surface area contributed by atoms with E-state index in [4.69, 9.17) is 4.74 Å². The molecule has 0 aromatic heterocycles. The van der Waals surface area contributed by atoms with Gasteiger partial charge in [0, 0.05) is 32.2 Å². The van der Waals surface area contributed by atoms with Crippen molar-refractivity contribution in [3.63, 3.8) is 0 Å². The molecular weight excluding hydrogens is 272 g/mol. The van der Waals surface area contributed by atoms with Crippen molar-refractivity contribution in [3.8, 4) is 5.75 Å². The Kier molecular flexibility index (Phi) is 3.12. The Bertz CT molecular complexity index is 561. The lowest BCUT2D eigenvalue weighted by Gasteiger charge is -2.27. The zero-order chi connectivity index (χ0) is 14.5. The quantitative estimate of drug-likeness (QED) is 0.797. The molecule has 0 aliphatic carbocycles. The van der Waals surface area contributed by atoms with Crippen LogP contribution < -0.4 is 9.64 Å². The third-order valence-corrected chi connectivity index (χ3v) is 5.92. The molecule has 2 aliphatic heterocycles. The second-order valence-corrected chi connectivity index (χ2v) is 7.13. The first kappa shape index (κ1) is 13.6. The van der Waals surface area contributed by atoms with Crippen LogP contribution in [0.25, 0.3) is 0 Å². The molecule has 5 heteroatoms. The number of carbonyl (C=O) groups excluding carboxylic acids is 1. The molecule has 0 radical (unpaired) electrons. The van der Waals surface area contributed by atoms with E-state index < -0.39 is 0 Å². The number of fused-ring (bicyclic) bond motifs is 3. The molecule has 2 aliphatic rings. The monoisotopic (exact) mass is 292 g/mol. The Labute approximate surface area is 124 Å². The summed E-state index contributed by atoms with van der Waals surface area (Å²) in [5, 5.41) is 0.498. The molecule has 4 nitrogen and oxygen atoms in total. The van der Waals surface area contributed by atoms with Gasteiger partial charge < -0.3 is 14.5 Å². The summed E-state index contributed by atoms with van der Waals surface area (Å²) in [5.74, 6) is 1.82. The smallest absolute Gasteiger partial charge is 0.410 e. The second kappa shape index (κ2) is 4.58. The molecule has 20 heavy (non-hydrogen) atoms. The highest BCUT2D eigenvalue weighted by Gasteiger charge is 2.50. The molecule has 2 atom stereocenters. The highest BCUT2D eigenvalue weighted by atomic mass is 32.2. The molecule has 0 bridgehead atoms. The highest BCUT2D eigenvalue weighted by molar-refractivity contribution is 8.00. The summed E-state index contributed by atoms with van der Waals surface area (Å²) in [5.41, 5.74) is 2.73. The Morgan fingerprint density at radius 3 is 2.95 bits per heavy atom. The van der Waals surface area contributed by atoms with Gasteiger partial charge in [-0.15, -0.1) is 11.8 Å². The van der Waals surface area contributed by atoms with Crippen LogP contribution in [-0.2, 0) is 5.41 Å². The topological polar surface area (TPSA) is 32.8 Å². The second-order valence-electron chi connectivity index (χ2n) is 5.94. The summed E-state index contributed by atoms with van der Waals surface area (Å²) in [4.78, 5) is 15.5. The van der Waals surface area contributed by atoms with Crippen LogP contribution in [0.15, 0.2) is 18.2 Å². The van der Waals surface area contributed by atoms with Gasteiger partial charge in [-0.3, -0.25) is 0 Å². The van der Waals surface area contributed by atoms with Crippen molar-refractivity contribution in [2.75, 3.05) is 31.8 Å². The van der Waals surface area contributed by atoms with Gasteiger partial charge in [-0.1, -0.05) is 6.92 Å². The maximum absolute atomic E-state index is 11.7. The predicted molar refractivity (Wildman–Crippen MR) is 82.8 cm³/mol. The van der Waals surface area contributed by atoms with Crippen LogP contribution in [-0.4, -0.2) is 43.3 Å². The summed E-state index contributed by atoms with van der Waals surface area (Å²) in [6.45, 7) is 2.32. The van der Waals surface area contributed by atoms with E-state index in [1.54, 1.807) is 14.1 Å². The van der Waals surface area contributed by atoms with Crippen LogP contribution in [0.4, 0.5) is 10.5 Å². The third-order valence-electron chi connectivity index (χ3n) is 4.33. The number of carbonyl (C=O) groups is 1. The minimum Gasteiger partial charge on any atom is -0.410 e. The fourth-order valence-corrected chi connectivity index (χ4v) is 4.87. The lowest BCUT2D eigenvalue weighted by molar-refractivity contribution is 0.172. The maximum atomic E-state index is 11.7. The van der Waals surface area contributed by atoms with Crippen molar-refractivity contribution < 1.29 is 9.53 Å². The van der Waals surface area contributed by atoms with E-state index in [2.05, 4.69) is 24.9 Å². The van der Waals surface area contributed by atoms with Crippen LogP contribution >= 0.6 is 11.8 Å². The first-order valence-electron chi connectivity index (χ1n) is 6.81. The van der Waals surface area contributed by atoms with Crippen molar-refractivity contribution in [3.05, 3.63) is 23.8 Å². The lowest BCUT2D eigenvalue weighted by Crippen LogP contribution is -2.34. The van der Waals surface area contributed by atoms with E-state index in [-0.39, 0.29) is 11.5 Å². The molecule has 1 aromatic rings. The van der Waals surface area contributed by atoms with Crippen molar-refractivity contribution in [1.29, 1.82) is 0 Å². The molecule has 2 heterocycles. The van der Waals surface area contributed by atoms with E-state index in [1.165, 1.54) is 28.3 Å². The number of benzene rings is 1. The number of hydrogen-bond acceptors (Lipinski definition) is 4. The van der Waals surface area contributed by atoms with Gasteiger partial charge in [-0.05, 0) is 35.9 Å². The van der Waals surface area contributed by atoms with Crippen LogP contribution in [0.3, 0.4) is 0 Å². The summed E-state index contributed by atoms with van der Waals surface area (Å²) in [6.07, 6.45) is 0.837. The molecule has 0 unspecified atom stereocenters. The fraction of sp³-hybridized carbons (Fsp3) is 0.533. The average molecular weight is 292 g/mol. The number of anilines is 1. The molecule has 1 amide bonds. The molecule has 1 saturated heterocycles. The lowest BCUT2D eigenvalue weighted by atomic mass is 9.82. The van der Waals surface area contributed by atoms with Crippen molar-refractivity contribution in [2.45, 2.75) is 24.1 Å². The normalized spacial score (nSPS) is 27.2. The van der Waals surface area contributed by atoms with Crippen molar-refractivity contribution in [1.82, 2.24) is 4.90 Å². The Hall–Kier alpha value is -1.36. The largest absolute Gasteiger partial charge is 0.414 e. The van der Waals surface area contributed by atoms with Crippen LogP contribution in [0.5, 0.6) is 5.75 Å². The number of amides is 1. The first-order chi connectivity index (χ1) is 9.43. The highest BCUT2D eigenvalue weighted by Crippen LogP contribution is 2.55. The van der Waals surface area contributed by atoms with Crippen LogP contribution in [0.2, 0.25) is 0 Å². The van der Waals surface area contributed by atoms with E-state index >= 15 is 0 Å². The molecule has 1 fully saturated rings. The predicted octanol–water partition coefficient (Wildman–Crippen LogP) is 2.92. The van der Waals surface area contributed by atoms with E-state index in [9.17, 15) is 4.79 Å². The van der Waals surface area contributed by atoms with Crippen molar-refractivity contribution >= 4 is 23.5 Å². The zero-order valence-corrected chi connectivity index (χ0v) is 13.2. The standard InChI is InChI=1S/C15H20N2O2S/c1-15-7-8-20-13(15)17(4)12-6-5-10(9-11(12)15)19-14(18)16(2)3/h5-6,9,13H,7-8H2,1-4H3/t13-,15-/m0/s1. The number of rotatable bonds is 1. The molecule has 0 spiro atoms.